The zero-order valence-corrected chi connectivity index (χ0v) is 10.4. The molecule has 1 heterocycles. The normalized spacial score (nSPS) is 25.5. The van der Waals surface area contributed by atoms with Crippen LogP contribution >= 0.6 is 0 Å². The highest BCUT2D eigenvalue weighted by Gasteiger charge is 2.28. The van der Waals surface area contributed by atoms with E-state index in [1.165, 1.54) is 7.11 Å². The Balaban J connectivity index is 2.53. The van der Waals surface area contributed by atoms with Crippen LogP contribution in [0.5, 0.6) is 0 Å². The molecule has 1 aliphatic heterocycles. The molecule has 6 heteroatoms. The van der Waals surface area contributed by atoms with Crippen LogP contribution < -0.4 is 11.1 Å². The smallest absolute Gasteiger partial charge is 0.305 e. The summed E-state index contributed by atoms with van der Waals surface area (Å²) in [5, 5.41) is 3.18. The molecule has 1 aliphatic rings. The minimum atomic E-state index is -0.335. The van der Waals surface area contributed by atoms with E-state index < -0.39 is 0 Å². The van der Waals surface area contributed by atoms with Gasteiger partial charge in [0.05, 0.1) is 13.7 Å². The Morgan fingerprint density at radius 2 is 2.18 bits per heavy atom. The lowest BCUT2D eigenvalue weighted by molar-refractivity contribution is -0.142. The number of amides is 1. The van der Waals surface area contributed by atoms with E-state index in [0.717, 1.165) is 19.5 Å². The van der Waals surface area contributed by atoms with Gasteiger partial charge in [-0.25, -0.2) is 0 Å². The molecule has 1 amide bonds. The number of likely N-dealkylation sites (N-methyl/N-ethyl adjacent to an activating group) is 1. The van der Waals surface area contributed by atoms with E-state index in [1.54, 1.807) is 0 Å². The minimum Gasteiger partial charge on any atom is -0.469 e. The van der Waals surface area contributed by atoms with Crippen molar-refractivity contribution in [2.24, 2.45) is 11.7 Å². The zero-order valence-electron chi connectivity index (χ0n) is 10.4. The van der Waals surface area contributed by atoms with Gasteiger partial charge in [-0.05, 0) is 19.4 Å². The highest BCUT2D eigenvalue weighted by molar-refractivity contribution is 5.76. The monoisotopic (exact) mass is 243 g/mol. The van der Waals surface area contributed by atoms with E-state index in [-0.39, 0.29) is 30.4 Å². The molecule has 0 aliphatic carbocycles. The van der Waals surface area contributed by atoms with Crippen LogP contribution in [-0.4, -0.2) is 56.6 Å². The number of hydrogen-bond acceptors (Lipinski definition) is 5. The molecule has 0 saturated carbocycles. The van der Waals surface area contributed by atoms with Crippen molar-refractivity contribution in [2.75, 3.05) is 33.8 Å². The van der Waals surface area contributed by atoms with Crippen molar-refractivity contribution >= 4 is 11.9 Å². The summed E-state index contributed by atoms with van der Waals surface area (Å²) >= 11 is 0. The van der Waals surface area contributed by atoms with Gasteiger partial charge >= 0.3 is 5.97 Å². The molecular weight excluding hydrogens is 222 g/mol. The Morgan fingerprint density at radius 1 is 1.47 bits per heavy atom. The second-order valence-corrected chi connectivity index (χ2v) is 4.53. The number of rotatable bonds is 5. The van der Waals surface area contributed by atoms with Gasteiger partial charge in [-0.1, -0.05) is 0 Å². The molecule has 6 nitrogen and oxygen atoms in total. The molecule has 0 spiro atoms. The number of nitrogens with one attached hydrogen (secondary N) is 1. The molecule has 98 valence electrons. The molecule has 0 aromatic carbocycles. The van der Waals surface area contributed by atoms with Crippen LogP contribution in [0.3, 0.4) is 0 Å². The van der Waals surface area contributed by atoms with E-state index in [0.29, 0.717) is 6.42 Å². The summed E-state index contributed by atoms with van der Waals surface area (Å²) in [6, 6.07) is 0.290. The molecule has 0 aromatic heterocycles. The molecule has 2 atom stereocenters. The molecule has 1 saturated heterocycles. The lowest BCUT2D eigenvalue weighted by atomic mass is 9.91. The summed E-state index contributed by atoms with van der Waals surface area (Å²) in [7, 11) is 3.27. The summed E-state index contributed by atoms with van der Waals surface area (Å²) in [6.07, 6.45) is 1.31. The molecular formula is C11H21N3O3. The summed E-state index contributed by atoms with van der Waals surface area (Å²) in [5.74, 6) is -0.322. The first-order valence-corrected chi connectivity index (χ1v) is 5.80. The van der Waals surface area contributed by atoms with Crippen molar-refractivity contribution in [1.29, 1.82) is 0 Å². The molecule has 2 unspecified atom stereocenters. The van der Waals surface area contributed by atoms with Gasteiger partial charge in [-0.3, -0.25) is 14.5 Å². The third-order valence-electron chi connectivity index (χ3n) is 3.08. The minimum absolute atomic E-state index is 0.203. The Hall–Kier alpha value is -1.14. The molecule has 0 aromatic rings. The van der Waals surface area contributed by atoms with Crippen LogP contribution in [0.4, 0.5) is 0 Å². The lowest BCUT2D eigenvalue weighted by Crippen LogP contribution is -2.50. The van der Waals surface area contributed by atoms with Crippen molar-refractivity contribution < 1.29 is 14.3 Å². The maximum absolute atomic E-state index is 11.3. The summed E-state index contributed by atoms with van der Waals surface area (Å²) in [6.45, 7) is 1.75. The topological polar surface area (TPSA) is 84.7 Å². The van der Waals surface area contributed by atoms with Crippen LogP contribution in [-0.2, 0) is 14.3 Å². The molecule has 17 heavy (non-hydrogen) atoms. The molecule has 1 rings (SSSR count). The zero-order chi connectivity index (χ0) is 12.8. The fraction of sp³-hybridized carbons (Fsp3) is 0.818. The Kier molecular flexibility index (Phi) is 5.37. The van der Waals surface area contributed by atoms with Gasteiger partial charge < -0.3 is 15.8 Å². The number of hydrogen-bond donors (Lipinski definition) is 2. The maximum Gasteiger partial charge on any atom is 0.305 e. The summed E-state index contributed by atoms with van der Waals surface area (Å²) in [4.78, 5) is 24.2. The molecule has 0 bridgehead atoms. The fourth-order valence-electron chi connectivity index (χ4n) is 2.33. The Morgan fingerprint density at radius 3 is 2.71 bits per heavy atom. The van der Waals surface area contributed by atoms with Crippen molar-refractivity contribution in [3.8, 4) is 0 Å². The number of nitrogens with two attached hydrogens (primary N) is 1. The number of ether oxygens (including phenoxy) is 1. The van der Waals surface area contributed by atoms with E-state index >= 15 is 0 Å². The van der Waals surface area contributed by atoms with Gasteiger partial charge in [0.1, 0.15) is 0 Å². The second-order valence-electron chi connectivity index (χ2n) is 4.53. The first-order valence-electron chi connectivity index (χ1n) is 5.80. The third kappa shape index (κ3) is 4.70. The highest BCUT2D eigenvalue weighted by Crippen LogP contribution is 2.20. The number of piperidine rings is 1. The molecule has 0 radical (unpaired) electrons. The van der Waals surface area contributed by atoms with Gasteiger partial charge in [-0.15, -0.1) is 0 Å². The van der Waals surface area contributed by atoms with Gasteiger partial charge in [-0.2, -0.15) is 0 Å². The van der Waals surface area contributed by atoms with E-state index in [1.807, 2.05) is 11.9 Å². The number of carbonyl (C=O) groups is 2. The van der Waals surface area contributed by atoms with Gasteiger partial charge in [0, 0.05) is 25.6 Å². The van der Waals surface area contributed by atoms with Crippen LogP contribution in [0.2, 0.25) is 0 Å². The number of methoxy groups -OCH3 is 1. The first-order chi connectivity index (χ1) is 8.05. The average Bonchev–Trinajstić information content (AvgIpc) is 2.27. The van der Waals surface area contributed by atoms with Gasteiger partial charge in [0.25, 0.3) is 0 Å². The van der Waals surface area contributed by atoms with Crippen LogP contribution in [0.15, 0.2) is 0 Å². The lowest BCUT2D eigenvalue weighted by Gasteiger charge is -2.36. The largest absolute Gasteiger partial charge is 0.469 e. The first kappa shape index (κ1) is 13.9. The number of primary amides is 1. The number of carbonyl (C=O) groups excluding carboxylic acids is 2. The van der Waals surface area contributed by atoms with Gasteiger partial charge in [0.15, 0.2) is 0 Å². The number of esters is 1. The maximum atomic E-state index is 11.3. The van der Waals surface area contributed by atoms with Crippen molar-refractivity contribution in [2.45, 2.75) is 18.9 Å². The SMILES string of the molecule is CNC1CC(CC(=O)OC)CN(CC(N)=O)C1. The standard InChI is InChI=1S/C11H21N3O3/c1-13-9-3-8(4-11(16)17-2)5-14(6-9)7-10(12)15/h8-9,13H,3-7H2,1-2H3,(H2,12,15). The van der Waals surface area contributed by atoms with Crippen LogP contribution in [0.1, 0.15) is 12.8 Å². The highest BCUT2D eigenvalue weighted by atomic mass is 16.5. The number of nitrogens with zero attached hydrogens (tertiary/aromatic N) is 1. The van der Waals surface area contributed by atoms with E-state index in [9.17, 15) is 9.59 Å². The predicted molar refractivity (Wildman–Crippen MR) is 63.2 cm³/mol. The van der Waals surface area contributed by atoms with E-state index in [2.05, 4.69) is 10.1 Å². The van der Waals surface area contributed by atoms with Gasteiger partial charge in [0.2, 0.25) is 5.91 Å². The van der Waals surface area contributed by atoms with Crippen molar-refractivity contribution in [3.63, 3.8) is 0 Å². The third-order valence-corrected chi connectivity index (χ3v) is 3.08. The number of likely N-dealkylation sites (tertiary alicyclic amines) is 1. The second kappa shape index (κ2) is 6.56. The van der Waals surface area contributed by atoms with Crippen molar-refractivity contribution in [1.82, 2.24) is 10.2 Å². The fourth-order valence-corrected chi connectivity index (χ4v) is 2.33. The molecule has 3 N–H and O–H groups in total. The predicted octanol–water partition coefficient (Wildman–Crippen LogP) is -1.06. The van der Waals surface area contributed by atoms with E-state index in [4.69, 9.17) is 5.73 Å². The Labute approximate surface area is 101 Å². The van der Waals surface area contributed by atoms with Crippen LogP contribution in [0, 0.1) is 5.92 Å². The van der Waals surface area contributed by atoms with Crippen LogP contribution in [0.25, 0.3) is 0 Å². The molecule has 1 fully saturated rings. The summed E-state index contributed by atoms with van der Waals surface area (Å²) < 4.78 is 4.67. The quantitative estimate of drug-likeness (QED) is 0.602. The summed E-state index contributed by atoms with van der Waals surface area (Å²) in [5.41, 5.74) is 5.19. The average molecular weight is 243 g/mol. The Bertz CT molecular complexity index is 283. The van der Waals surface area contributed by atoms with Crippen molar-refractivity contribution in [3.05, 3.63) is 0 Å².